The summed E-state index contributed by atoms with van der Waals surface area (Å²) in [5.74, 6) is 0. The maximum atomic E-state index is 5.96. The van der Waals surface area contributed by atoms with Crippen molar-refractivity contribution in [3.05, 3.63) is 23.0 Å². The third-order valence-corrected chi connectivity index (χ3v) is 3.13. The highest BCUT2D eigenvalue weighted by molar-refractivity contribution is 5.53. The molecule has 0 aliphatic carbocycles. The molecule has 0 saturated heterocycles. The molecule has 0 aliphatic heterocycles. The number of anilines is 1. The minimum atomic E-state index is -0.103. The van der Waals surface area contributed by atoms with E-state index in [4.69, 9.17) is 10.5 Å². The van der Waals surface area contributed by atoms with E-state index in [-0.39, 0.29) is 5.60 Å². The summed E-state index contributed by atoms with van der Waals surface area (Å²) in [5.41, 5.74) is 9.67. The van der Waals surface area contributed by atoms with Gasteiger partial charge in [0, 0.05) is 11.9 Å². The van der Waals surface area contributed by atoms with Crippen molar-refractivity contribution in [2.45, 2.75) is 53.2 Å². The first-order valence-corrected chi connectivity index (χ1v) is 5.72. The Morgan fingerprint density at radius 3 is 2.56 bits per heavy atom. The molecule has 2 N–H and O–H groups in total. The molecule has 0 unspecified atom stereocenters. The van der Waals surface area contributed by atoms with Gasteiger partial charge in [-0.25, -0.2) is 0 Å². The second kappa shape index (κ2) is 4.83. The Kier molecular flexibility index (Phi) is 3.92. The van der Waals surface area contributed by atoms with Crippen LogP contribution in [0.1, 0.15) is 44.0 Å². The maximum Gasteiger partial charge on any atom is 0.0898 e. The molecule has 0 amide bonds. The average Bonchev–Trinajstić information content (AvgIpc) is 2.25. The van der Waals surface area contributed by atoms with Crippen molar-refractivity contribution >= 4 is 5.69 Å². The lowest BCUT2D eigenvalue weighted by Crippen LogP contribution is -2.23. The second-order valence-electron chi connectivity index (χ2n) is 4.83. The molecule has 1 rings (SSSR count). The van der Waals surface area contributed by atoms with Crippen LogP contribution in [0.3, 0.4) is 0 Å². The normalized spacial score (nSPS) is 11.8. The summed E-state index contributed by atoms with van der Waals surface area (Å²) in [4.78, 5) is 4.37. The van der Waals surface area contributed by atoms with Crippen molar-refractivity contribution in [3.8, 4) is 0 Å². The molecule has 0 aliphatic rings. The number of nitrogens with two attached hydrogens (primary N) is 1. The number of pyridine rings is 1. The first-order chi connectivity index (χ1) is 7.37. The van der Waals surface area contributed by atoms with Crippen LogP contribution in [0.25, 0.3) is 0 Å². The van der Waals surface area contributed by atoms with Gasteiger partial charge in [0.2, 0.25) is 0 Å². The number of aryl methyl sites for hydroxylation is 1. The van der Waals surface area contributed by atoms with E-state index in [1.165, 1.54) is 0 Å². The SMILES string of the molecule is CCC(C)(C)OCc1ncc(C)c(N)c1C. The Morgan fingerprint density at radius 2 is 2.00 bits per heavy atom. The Balaban J connectivity index is 2.80. The van der Waals surface area contributed by atoms with Crippen LogP contribution in [-0.2, 0) is 11.3 Å². The molecule has 3 heteroatoms. The number of rotatable bonds is 4. The van der Waals surface area contributed by atoms with Gasteiger partial charge in [0.25, 0.3) is 0 Å². The number of hydrogen-bond acceptors (Lipinski definition) is 3. The van der Waals surface area contributed by atoms with Crippen molar-refractivity contribution < 1.29 is 4.74 Å². The van der Waals surface area contributed by atoms with Gasteiger partial charge in [-0.2, -0.15) is 0 Å². The zero-order valence-electron chi connectivity index (χ0n) is 10.9. The molecular weight excluding hydrogens is 200 g/mol. The summed E-state index contributed by atoms with van der Waals surface area (Å²) in [6.07, 6.45) is 2.79. The van der Waals surface area contributed by atoms with E-state index < -0.39 is 0 Å². The average molecular weight is 222 g/mol. The molecule has 0 radical (unpaired) electrons. The van der Waals surface area contributed by atoms with Gasteiger partial charge in [-0.3, -0.25) is 4.98 Å². The van der Waals surface area contributed by atoms with E-state index in [2.05, 4.69) is 25.8 Å². The largest absolute Gasteiger partial charge is 0.398 e. The first kappa shape index (κ1) is 13.0. The molecular formula is C13H22N2O. The van der Waals surface area contributed by atoms with Crippen molar-refractivity contribution in [1.82, 2.24) is 4.98 Å². The van der Waals surface area contributed by atoms with E-state index in [9.17, 15) is 0 Å². The Labute approximate surface area is 98.0 Å². The van der Waals surface area contributed by atoms with Crippen molar-refractivity contribution in [2.24, 2.45) is 0 Å². The van der Waals surface area contributed by atoms with Crippen molar-refractivity contribution in [2.75, 3.05) is 5.73 Å². The van der Waals surface area contributed by atoms with Crippen LogP contribution in [0.15, 0.2) is 6.20 Å². The van der Waals surface area contributed by atoms with E-state index in [1.54, 1.807) is 6.20 Å². The highest BCUT2D eigenvalue weighted by Gasteiger charge is 2.16. The zero-order valence-corrected chi connectivity index (χ0v) is 10.9. The Morgan fingerprint density at radius 1 is 1.38 bits per heavy atom. The van der Waals surface area contributed by atoms with E-state index in [0.717, 1.165) is 28.9 Å². The molecule has 16 heavy (non-hydrogen) atoms. The quantitative estimate of drug-likeness (QED) is 0.852. The van der Waals surface area contributed by atoms with Gasteiger partial charge in [-0.1, -0.05) is 6.92 Å². The van der Waals surface area contributed by atoms with Crippen LogP contribution in [-0.4, -0.2) is 10.6 Å². The Bertz CT molecular complexity index is 372. The molecule has 90 valence electrons. The lowest BCUT2D eigenvalue weighted by Gasteiger charge is -2.23. The second-order valence-corrected chi connectivity index (χ2v) is 4.83. The summed E-state index contributed by atoms with van der Waals surface area (Å²) < 4.78 is 5.82. The molecule has 0 atom stereocenters. The zero-order chi connectivity index (χ0) is 12.3. The van der Waals surface area contributed by atoms with E-state index >= 15 is 0 Å². The number of hydrogen-bond donors (Lipinski definition) is 1. The summed E-state index contributed by atoms with van der Waals surface area (Å²) in [6.45, 7) is 10.8. The molecule has 1 aromatic heterocycles. The Hall–Kier alpha value is -1.09. The van der Waals surface area contributed by atoms with Crippen LogP contribution in [0.4, 0.5) is 5.69 Å². The van der Waals surface area contributed by atoms with Crippen LogP contribution in [0.2, 0.25) is 0 Å². The van der Waals surface area contributed by atoms with Crippen LogP contribution >= 0.6 is 0 Å². The predicted octanol–water partition coefficient (Wildman–Crippen LogP) is 2.99. The molecule has 1 heterocycles. The number of ether oxygens (including phenoxy) is 1. The fourth-order valence-electron chi connectivity index (χ4n) is 1.30. The van der Waals surface area contributed by atoms with Crippen molar-refractivity contribution in [1.29, 1.82) is 0 Å². The fourth-order valence-corrected chi connectivity index (χ4v) is 1.30. The van der Waals surface area contributed by atoms with Crippen LogP contribution in [0, 0.1) is 13.8 Å². The highest BCUT2D eigenvalue weighted by Crippen LogP contribution is 2.21. The number of nitrogen functional groups attached to an aromatic ring is 1. The van der Waals surface area contributed by atoms with Gasteiger partial charge in [0.15, 0.2) is 0 Å². The standard InChI is InChI=1S/C13H22N2O/c1-6-13(4,5)16-8-11-10(3)12(14)9(2)7-15-11/h7H,6,8H2,1-5H3,(H2,14,15). The van der Waals surface area contributed by atoms with Gasteiger partial charge in [-0.05, 0) is 45.2 Å². The molecule has 0 saturated carbocycles. The van der Waals surface area contributed by atoms with Gasteiger partial charge in [0.05, 0.1) is 17.9 Å². The summed E-state index contributed by atoms with van der Waals surface area (Å²) in [7, 11) is 0. The summed E-state index contributed by atoms with van der Waals surface area (Å²) >= 11 is 0. The van der Waals surface area contributed by atoms with Crippen LogP contribution < -0.4 is 5.73 Å². The number of aromatic nitrogens is 1. The molecule has 0 bridgehead atoms. The van der Waals surface area contributed by atoms with Gasteiger partial charge < -0.3 is 10.5 Å². The minimum Gasteiger partial charge on any atom is -0.398 e. The summed E-state index contributed by atoms with van der Waals surface area (Å²) in [6, 6.07) is 0. The van der Waals surface area contributed by atoms with Gasteiger partial charge in [0.1, 0.15) is 0 Å². The lowest BCUT2D eigenvalue weighted by molar-refractivity contribution is -0.0332. The smallest absolute Gasteiger partial charge is 0.0898 e. The molecule has 0 aromatic carbocycles. The van der Waals surface area contributed by atoms with E-state index in [1.807, 2.05) is 13.8 Å². The van der Waals surface area contributed by atoms with Gasteiger partial charge in [-0.15, -0.1) is 0 Å². The number of nitrogens with zero attached hydrogens (tertiary/aromatic N) is 1. The fraction of sp³-hybridized carbons (Fsp3) is 0.615. The molecule has 0 spiro atoms. The molecule has 3 nitrogen and oxygen atoms in total. The monoisotopic (exact) mass is 222 g/mol. The third-order valence-electron chi connectivity index (χ3n) is 3.13. The lowest BCUT2D eigenvalue weighted by atomic mass is 10.1. The predicted molar refractivity (Wildman–Crippen MR) is 67.3 cm³/mol. The topological polar surface area (TPSA) is 48.1 Å². The van der Waals surface area contributed by atoms with Gasteiger partial charge >= 0.3 is 0 Å². The first-order valence-electron chi connectivity index (χ1n) is 5.72. The highest BCUT2D eigenvalue weighted by atomic mass is 16.5. The van der Waals surface area contributed by atoms with E-state index in [0.29, 0.717) is 6.61 Å². The molecule has 1 aromatic rings. The maximum absolute atomic E-state index is 5.96. The molecule has 0 fully saturated rings. The third kappa shape index (κ3) is 2.95. The summed E-state index contributed by atoms with van der Waals surface area (Å²) in [5, 5.41) is 0. The minimum absolute atomic E-state index is 0.103. The van der Waals surface area contributed by atoms with Crippen LogP contribution in [0.5, 0.6) is 0 Å². The van der Waals surface area contributed by atoms with Crippen molar-refractivity contribution in [3.63, 3.8) is 0 Å².